The molecule has 2 aromatic rings. The van der Waals surface area contributed by atoms with E-state index in [2.05, 4.69) is 10.3 Å². The molecule has 0 aliphatic carbocycles. The molecular formula is C14H18N4O3. The summed E-state index contributed by atoms with van der Waals surface area (Å²) in [5.74, 6) is 1.64. The fourth-order valence-electron chi connectivity index (χ4n) is 2.00. The molecule has 0 atom stereocenters. The van der Waals surface area contributed by atoms with Crippen LogP contribution in [0.1, 0.15) is 18.2 Å². The summed E-state index contributed by atoms with van der Waals surface area (Å²) in [6, 6.07) is 7.23. The predicted molar refractivity (Wildman–Crippen MR) is 78.1 cm³/mol. The highest BCUT2D eigenvalue weighted by Gasteiger charge is 2.19. The summed E-state index contributed by atoms with van der Waals surface area (Å²) < 4.78 is 12.8. The average molecular weight is 290 g/mol. The highest BCUT2D eigenvalue weighted by atomic mass is 16.5. The lowest BCUT2D eigenvalue weighted by atomic mass is 10.2. The fraction of sp³-hybridized carbons (Fsp3) is 0.286. The standard InChI is InChI=1S/C14H18N4O3/c1-4-20-10-6-5-7-11(8-10)21-14-12(13(15)17-19)9(2)16-18(14)3/h5-8,19H,4H2,1-3H3,(H2,15,17). The number of aryl methyl sites for hydroxylation is 2. The zero-order chi connectivity index (χ0) is 15.4. The van der Waals surface area contributed by atoms with Crippen LogP contribution in [0, 0.1) is 6.92 Å². The van der Waals surface area contributed by atoms with Gasteiger partial charge in [-0.1, -0.05) is 11.2 Å². The van der Waals surface area contributed by atoms with Gasteiger partial charge in [-0.25, -0.2) is 4.68 Å². The van der Waals surface area contributed by atoms with Crippen molar-refractivity contribution in [3.63, 3.8) is 0 Å². The molecule has 1 aromatic carbocycles. The molecule has 0 amide bonds. The summed E-state index contributed by atoms with van der Waals surface area (Å²) in [5.41, 5.74) is 6.76. The van der Waals surface area contributed by atoms with Crippen LogP contribution < -0.4 is 15.2 Å². The molecule has 1 aromatic heterocycles. The zero-order valence-corrected chi connectivity index (χ0v) is 12.2. The minimum Gasteiger partial charge on any atom is -0.494 e. The molecule has 0 aliphatic heterocycles. The van der Waals surface area contributed by atoms with Gasteiger partial charge in [0.2, 0.25) is 5.88 Å². The van der Waals surface area contributed by atoms with Crippen LogP contribution in [0.4, 0.5) is 0 Å². The van der Waals surface area contributed by atoms with Crippen molar-refractivity contribution < 1.29 is 14.7 Å². The van der Waals surface area contributed by atoms with Crippen molar-refractivity contribution in [1.29, 1.82) is 0 Å². The van der Waals surface area contributed by atoms with Crippen molar-refractivity contribution in [2.24, 2.45) is 17.9 Å². The number of nitrogens with two attached hydrogens (primary N) is 1. The van der Waals surface area contributed by atoms with E-state index in [0.29, 0.717) is 35.2 Å². The Hall–Kier alpha value is -2.70. The van der Waals surface area contributed by atoms with Gasteiger partial charge in [0.1, 0.15) is 17.1 Å². The first-order chi connectivity index (χ1) is 10.1. The van der Waals surface area contributed by atoms with Gasteiger partial charge in [-0.15, -0.1) is 0 Å². The molecule has 0 saturated carbocycles. The van der Waals surface area contributed by atoms with Crippen LogP contribution in [0.25, 0.3) is 0 Å². The Balaban J connectivity index is 2.37. The minimum absolute atomic E-state index is 0.0448. The number of hydrogen-bond donors (Lipinski definition) is 2. The van der Waals surface area contributed by atoms with E-state index in [0.717, 1.165) is 0 Å². The molecule has 0 bridgehead atoms. The van der Waals surface area contributed by atoms with Crippen molar-refractivity contribution in [2.75, 3.05) is 6.61 Å². The summed E-state index contributed by atoms with van der Waals surface area (Å²) in [5, 5.41) is 16.1. The van der Waals surface area contributed by atoms with Gasteiger partial charge in [0.15, 0.2) is 5.84 Å². The SMILES string of the molecule is CCOc1cccc(Oc2c(C(N)=NO)c(C)nn2C)c1. The molecule has 7 nitrogen and oxygen atoms in total. The number of benzene rings is 1. The number of rotatable bonds is 5. The normalized spacial score (nSPS) is 11.5. The van der Waals surface area contributed by atoms with E-state index in [-0.39, 0.29) is 5.84 Å². The van der Waals surface area contributed by atoms with Crippen molar-refractivity contribution in [1.82, 2.24) is 9.78 Å². The molecule has 0 spiro atoms. The topological polar surface area (TPSA) is 94.9 Å². The van der Waals surface area contributed by atoms with Crippen molar-refractivity contribution in [3.05, 3.63) is 35.5 Å². The van der Waals surface area contributed by atoms with Crippen LogP contribution in [-0.2, 0) is 7.05 Å². The molecule has 0 radical (unpaired) electrons. The second-order valence-corrected chi connectivity index (χ2v) is 4.38. The second-order valence-electron chi connectivity index (χ2n) is 4.38. The van der Waals surface area contributed by atoms with Gasteiger partial charge in [0, 0.05) is 13.1 Å². The van der Waals surface area contributed by atoms with Crippen LogP contribution in [0.3, 0.4) is 0 Å². The number of nitrogens with zero attached hydrogens (tertiary/aromatic N) is 3. The molecule has 1 heterocycles. The zero-order valence-electron chi connectivity index (χ0n) is 12.2. The second kappa shape index (κ2) is 6.17. The smallest absolute Gasteiger partial charge is 0.229 e. The predicted octanol–water partition coefficient (Wildman–Crippen LogP) is 2.01. The summed E-state index contributed by atoms with van der Waals surface area (Å²) >= 11 is 0. The monoisotopic (exact) mass is 290 g/mol. The van der Waals surface area contributed by atoms with Crippen LogP contribution >= 0.6 is 0 Å². The highest BCUT2D eigenvalue weighted by Crippen LogP contribution is 2.29. The Morgan fingerprint density at radius 2 is 2.14 bits per heavy atom. The lowest BCUT2D eigenvalue weighted by Gasteiger charge is -2.09. The van der Waals surface area contributed by atoms with Gasteiger partial charge >= 0.3 is 0 Å². The largest absolute Gasteiger partial charge is 0.494 e. The van der Waals surface area contributed by atoms with E-state index in [4.69, 9.17) is 20.4 Å². The third kappa shape index (κ3) is 3.07. The van der Waals surface area contributed by atoms with E-state index in [1.165, 1.54) is 4.68 Å². The maximum Gasteiger partial charge on any atom is 0.229 e. The molecule has 21 heavy (non-hydrogen) atoms. The third-order valence-corrected chi connectivity index (χ3v) is 2.86. The lowest BCUT2D eigenvalue weighted by Crippen LogP contribution is -2.15. The maximum absolute atomic E-state index is 8.88. The highest BCUT2D eigenvalue weighted by molar-refractivity contribution is 6.00. The first kappa shape index (κ1) is 14.7. The van der Waals surface area contributed by atoms with Crippen molar-refractivity contribution in [2.45, 2.75) is 13.8 Å². The average Bonchev–Trinajstić information content (AvgIpc) is 2.73. The first-order valence-corrected chi connectivity index (χ1v) is 6.49. The molecule has 0 saturated heterocycles. The van der Waals surface area contributed by atoms with Gasteiger partial charge in [-0.05, 0) is 26.0 Å². The number of ether oxygens (including phenoxy) is 2. The number of amidine groups is 1. The molecule has 7 heteroatoms. The number of hydrogen-bond acceptors (Lipinski definition) is 5. The third-order valence-electron chi connectivity index (χ3n) is 2.86. The summed E-state index contributed by atoms with van der Waals surface area (Å²) in [6.07, 6.45) is 0. The van der Waals surface area contributed by atoms with Gasteiger partial charge in [-0.2, -0.15) is 5.10 Å². The summed E-state index contributed by atoms with van der Waals surface area (Å²) in [4.78, 5) is 0. The molecule has 0 fully saturated rings. The minimum atomic E-state index is -0.0448. The maximum atomic E-state index is 8.88. The Kier molecular flexibility index (Phi) is 4.32. The summed E-state index contributed by atoms with van der Waals surface area (Å²) in [6.45, 7) is 4.25. The summed E-state index contributed by atoms with van der Waals surface area (Å²) in [7, 11) is 1.73. The Bertz CT molecular complexity index is 664. The molecular weight excluding hydrogens is 272 g/mol. The van der Waals surface area contributed by atoms with Crippen molar-refractivity contribution in [3.8, 4) is 17.4 Å². The van der Waals surface area contributed by atoms with Gasteiger partial charge in [-0.3, -0.25) is 0 Å². The number of oxime groups is 1. The van der Waals surface area contributed by atoms with E-state index < -0.39 is 0 Å². The first-order valence-electron chi connectivity index (χ1n) is 6.49. The molecule has 3 N–H and O–H groups in total. The van der Waals surface area contributed by atoms with Gasteiger partial charge < -0.3 is 20.4 Å². The Labute approximate surface area is 122 Å². The van der Waals surface area contributed by atoms with Gasteiger partial charge in [0.05, 0.1) is 12.3 Å². The molecule has 2 rings (SSSR count). The van der Waals surface area contributed by atoms with E-state index in [9.17, 15) is 0 Å². The molecule has 112 valence electrons. The Morgan fingerprint density at radius 3 is 2.81 bits per heavy atom. The van der Waals surface area contributed by atoms with Crippen LogP contribution in [0.2, 0.25) is 0 Å². The molecule has 0 aliphatic rings. The lowest BCUT2D eigenvalue weighted by molar-refractivity contribution is 0.318. The van der Waals surface area contributed by atoms with E-state index >= 15 is 0 Å². The quantitative estimate of drug-likeness (QED) is 0.380. The van der Waals surface area contributed by atoms with E-state index in [1.54, 1.807) is 26.1 Å². The Morgan fingerprint density at radius 1 is 1.43 bits per heavy atom. The number of aromatic nitrogens is 2. The van der Waals surface area contributed by atoms with E-state index in [1.807, 2.05) is 19.1 Å². The fourth-order valence-corrected chi connectivity index (χ4v) is 2.00. The van der Waals surface area contributed by atoms with Crippen molar-refractivity contribution >= 4 is 5.84 Å². The van der Waals surface area contributed by atoms with Crippen LogP contribution in [0.5, 0.6) is 17.4 Å². The van der Waals surface area contributed by atoms with Gasteiger partial charge in [0.25, 0.3) is 0 Å². The van der Waals surface area contributed by atoms with Crippen LogP contribution in [-0.4, -0.2) is 27.4 Å². The molecule has 0 unspecified atom stereocenters. The van der Waals surface area contributed by atoms with Crippen LogP contribution in [0.15, 0.2) is 29.4 Å².